The van der Waals surface area contributed by atoms with Gasteiger partial charge in [0.2, 0.25) is 0 Å². The summed E-state index contributed by atoms with van der Waals surface area (Å²) >= 11 is 0. The van der Waals surface area contributed by atoms with Gasteiger partial charge in [0, 0.05) is 0 Å². The zero-order chi connectivity index (χ0) is 24.3. The summed E-state index contributed by atoms with van der Waals surface area (Å²) in [4.78, 5) is 12.2. The van der Waals surface area contributed by atoms with Gasteiger partial charge in [0.25, 0.3) is 0 Å². The summed E-state index contributed by atoms with van der Waals surface area (Å²) in [6, 6.07) is 0. The minimum atomic E-state index is -0.484. The number of carbonyl (C=O) groups excluding carboxylic acids is 1. The fourth-order valence-electron chi connectivity index (χ4n) is 8.89. The van der Waals surface area contributed by atoms with Crippen LogP contribution in [0.3, 0.4) is 0 Å². The van der Waals surface area contributed by atoms with E-state index in [1.54, 1.807) is 0 Å². The largest absolute Gasteiger partial charge is 0.465 e. The second kappa shape index (κ2) is 8.78. The Balaban J connectivity index is 1.49. The number of fused-ring (bicyclic) bond motifs is 5. The molecule has 3 N–H and O–H groups in total. The van der Waals surface area contributed by atoms with Crippen molar-refractivity contribution in [2.45, 2.75) is 111 Å². The molecule has 4 rings (SSSR count). The van der Waals surface area contributed by atoms with E-state index in [1.807, 2.05) is 20.8 Å². The number of aliphatic hydroxyl groups excluding tert-OH is 3. The molecule has 5 heteroatoms. The highest BCUT2D eigenvalue weighted by atomic mass is 16.5. The molecule has 0 amide bonds. The maximum absolute atomic E-state index is 12.2. The fraction of sp³-hybridized carbons (Fsp3) is 0.964. The molecule has 0 heterocycles. The van der Waals surface area contributed by atoms with Crippen LogP contribution < -0.4 is 0 Å². The number of hydrogen-bond acceptors (Lipinski definition) is 5. The lowest BCUT2D eigenvalue weighted by Crippen LogP contribution is -2.62. The maximum Gasteiger partial charge on any atom is 0.311 e. The number of esters is 1. The van der Waals surface area contributed by atoms with Gasteiger partial charge in [-0.1, -0.05) is 20.8 Å². The van der Waals surface area contributed by atoms with Crippen molar-refractivity contribution in [3.8, 4) is 0 Å². The average molecular weight is 465 g/mol. The van der Waals surface area contributed by atoms with Crippen LogP contribution in [0, 0.1) is 51.8 Å². The molecule has 0 spiro atoms. The lowest BCUT2D eigenvalue weighted by Gasteiger charge is -2.63. The standard InChI is InChI=1S/C28H48O5/c1-16(10-12-33-25(32)26(2,3)4)19-7-8-20-24-21(15-23(31)28(19,20)6)27(5)11-9-18(29)13-17(27)14-22(24)30/h16-24,29-31H,7-15H2,1-6H3. The third-order valence-corrected chi connectivity index (χ3v) is 10.9. The van der Waals surface area contributed by atoms with Crippen LogP contribution in [-0.4, -0.2) is 46.2 Å². The van der Waals surface area contributed by atoms with E-state index in [-0.39, 0.29) is 41.0 Å². The first-order chi connectivity index (χ1) is 15.3. The monoisotopic (exact) mass is 464 g/mol. The van der Waals surface area contributed by atoms with Crippen LogP contribution in [0.1, 0.15) is 92.9 Å². The summed E-state index contributed by atoms with van der Waals surface area (Å²) in [6.45, 7) is 13.0. The average Bonchev–Trinajstić information content (AvgIpc) is 3.08. The van der Waals surface area contributed by atoms with E-state index in [9.17, 15) is 20.1 Å². The molecule has 5 nitrogen and oxygen atoms in total. The van der Waals surface area contributed by atoms with Crippen LogP contribution in [0.4, 0.5) is 0 Å². The summed E-state index contributed by atoms with van der Waals surface area (Å²) in [7, 11) is 0. The van der Waals surface area contributed by atoms with E-state index < -0.39 is 5.41 Å². The molecule has 0 aromatic carbocycles. The Morgan fingerprint density at radius 2 is 1.73 bits per heavy atom. The fourth-order valence-corrected chi connectivity index (χ4v) is 8.89. The maximum atomic E-state index is 12.2. The third kappa shape index (κ3) is 4.18. The quantitative estimate of drug-likeness (QED) is 0.531. The van der Waals surface area contributed by atoms with E-state index in [2.05, 4.69) is 20.8 Å². The second-order valence-electron chi connectivity index (χ2n) is 13.7. The van der Waals surface area contributed by atoms with Crippen molar-refractivity contribution in [3.05, 3.63) is 0 Å². The predicted octanol–water partition coefficient (Wildman–Crippen LogP) is 4.56. The van der Waals surface area contributed by atoms with E-state index in [1.165, 1.54) is 0 Å². The first-order valence-electron chi connectivity index (χ1n) is 13.5. The molecule has 4 aliphatic carbocycles. The molecule has 0 saturated heterocycles. The van der Waals surface area contributed by atoms with E-state index in [0.717, 1.165) is 51.4 Å². The summed E-state index contributed by atoms with van der Waals surface area (Å²) in [5, 5.41) is 33.3. The van der Waals surface area contributed by atoms with Crippen LogP contribution in [0.25, 0.3) is 0 Å². The first kappa shape index (κ1) is 25.4. The van der Waals surface area contributed by atoms with Gasteiger partial charge in [0.1, 0.15) is 0 Å². The molecule has 0 aliphatic heterocycles. The molecule has 4 fully saturated rings. The topological polar surface area (TPSA) is 87.0 Å². The van der Waals surface area contributed by atoms with E-state index in [4.69, 9.17) is 4.74 Å². The third-order valence-electron chi connectivity index (χ3n) is 10.9. The predicted molar refractivity (Wildman–Crippen MR) is 128 cm³/mol. The van der Waals surface area contributed by atoms with Crippen LogP contribution >= 0.6 is 0 Å². The Kier molecular flexibility index (Phi) is 6.77. The van der Waals surface area contributed by atoms with Crippen molar-refractivity contribution in [2.75, 3.05) is 6.61 Å². The highest BCUT2D eigenvalue weighted by Gasteiger charge is 2.65. The number of ether oxygens (including phenoxy) is 1. The number of rotatable bonds is 4. The molecule has 0 bridgehead atoms. The van der Waals surface area contributed by atoms with Gasteiger partial charge in [-0.2, -0.15) is 0 Å². The molecule has 4 saturated carbocycles. The van der Waals surface area contributed by atoms with Gasteiger partial charge in [-0.15, -0.1) is 0 Å². The lowest BCUT2D eigenvalue weighted by molar-refractivity contribution is -0.207. The molecule has 0 radical (unpaired) electrons. The second-order valence-corrected chi connectivity index (χ2v) is 13.7. The van der Waals surface area contributed by atoms with Crippen molar-refractivity contribution in [2.24, 2.45) is 51.8 Å². The van der Waals surface area contributed by atoms with E-state index >= 15 is 0 Å². The number of aliphatic hydroxyl groups is 3. The highest BCUT2D eigenvalue weighted by molar-refractivity contribution is 5.75. The Labute approximate surface area is 200 Å². The van der Waals surface area contributed by atoms with Crippen LogP contribution in [0.2, 0.25) is 0 Å². The van der Waals surface area contributed by atoms with Crippen molar-refractivity contribution < 1.29 is 24.9 Å². The van der Waals surface area contributed by atoms with E-state index in [0.29, 0.717) is 36.2 Å². The molecule has 4 aliphatic rings. The van der Waals surface area contributed by atoms with Crippen molar-refractivity contribution in [3.63, 3.8) is 0 Å². The molecule has 0 aromatic rings. The minimum absolute atomic E-state index is 0.107. The zero-order valence-electron chi connectivity index (χ0n) is 21.7. The highest BCUT2D eigenvalue weighted by Crippen LogP contribution is 2.68. The van der Waals surface area contributed by atoms with Gasteiger partial charge in [-0.05, 0) is 118 Å². The molecular weight excluding hydrogens is 416 g/mol. The first-order valence-corrected chi connectivity index (χ1v) is 13.5. The molecule has 11 unspecified atom stereocenters. The molecule has 0 aromatic heterocycles. The van der Waals surface area contributed by atoms with Crippen molar-refractivity contribution in [1.29, 1.82) is 0 Å². The Hall–Kier alpha value is -0.650. The molecule has 33 heavy (non-hydrogen) atoms. The Bertz CT molecular complexity index is 730. The lowest BCUT2D eigenvalue weighted by atomic mass is 9.43. The van der Waals surface area contributed by atoms with Crippen molar-refractivity contribution in [1.82, 2.24) is 0 Å². The molecular formula is C28H48O5. The van der Waals surface area contributed by atoms with Crippen LogP contribution in [0.15, 0.2) is 0 Å². The zero-order valence-corrected chi connectivity index (χ0v) is 21.7. The van der Waals surface area contributed by atoms with Gasteiger partial charge < -0.3 is 20.1 Å². The van der Waals surface area contributed by atoms with Gasteiger partial charge in [-0.3, -0.25) is 4.79 Å². The van der Waals surface area contributed by atoms with Crippen LogP contribution in [0.5, 0.6) is 0 Å². The van der Waals surface area contributed by atoms with Gasteiger partial charge in [0.15, 0.2) is 0 Å². The minimum Gasteiger partial charge on any atom is -0.465 e. The summed E-state index contributed by atoms with van der Waals surface area (Å²) in [5.41, 5.74) is -0.578. The van der Waals surface area contributed by atoms with Crippen molar-refractivity contribution >= 4 is 5.97 Å². The summed E-state index contributed by atoms with van der Waals surface area (Å²) < 4.78 is 5.55. The van der Waals surface area contributed by atoms with Gasteiger partial charge in [0.05, 0.1) is 30.3 Å². The molecule has 190 valence electrons. The SMILES string of the molecule is CC(CCOC(=O)C(C)(C)C)C1CCC2C3C(O)CC4CC(O)CCC4(C)C3CC(O)C12C. The summed E-state index contributed by atoms with van der Waals surface area (Å²) in [5.74, 6) is 1.82. The Morgan fingerprint density at radius 1 is 1.03 bits per heavy atom. The smallest absolute Gasteiger partial charge is 0.311 e. The number of hydrogen-bond donors (Lipinski definition) is 3. The van der Waals surface area contributed by atoms with Gasteiger partial charge in [-0.25, -0.2) is 0 Å². The Morgan fingerprint density at radius 3 is 2.39 bits per heavy atom. The molecule has 11 atom stereocenters. The van der Waals surface area contributed by atoms with Crippen LogP contribution in [-0.2, 0) is 9.53 Å². The normalized spacial score (nSPS) is 48.4. The van der Waals surface area contributed by atoms with Gasteiger partial charge >= 0.3 is 5.97 Å². The summed E-state index contributed by atoms with van der Waals surface area (Å²) in [6.07, 6.45) is 6.20. The number of carbonyl (C=O) groups is 1.